The summed E-state index contributed by atoms with van der Waals surface area (Å²) in [4.78, 5) is 22.1. The number of anilines is 1. The summed E-state index contributed by atoms with van der Waals surface area (Å²) in [6.07, 6.45) is 0. The predicted octanol–water partition coefficient (Wildman–Crippen LogP) is 3.97. The molecular formula is C23H30ClN3O6S. The number of fused-ring (bicyclic) bond motifs is 1. The number of hydrogen-bond donors (Lipinski definition) is 0. The van der Waals surface area contributed by atoms with Crippen LogP contribution in [0, 0.1) is 0 Å². The van der Waals surface area contributed by atoms with Gasteiger partial charge in [-0.25, -0.2) is 4.98 Å². The first-order chi connectivity index (χ1) is 15.9. The normalized spacial score (nSPS) is 10.6. The highest BCUT2D eigenvalue weighted by molar-refractivity contribution is 7.22. The quantitative estimate of drug-likeness (QED) is 0.404. The second-order valence-corrected chi connectivity index (χ2v) is 8.35. The van der Waals surface area contributed by atoms with Gasteiger partial charge in [-0.3, -0.25) is 9.69 Å². The molecule has 3 aromatic rings. The Labute approximate surface area is 209 Å². The maximum absolute atomic E-state index is 13.7. The first kappa shape index (κ1) is 27.3. The molecule has 0 spiro atoms. The fraction of sp³-hybridized carbons (Fsp3) is 0.391. The van der Waals surface area contributed by atoms with E-state index in [-0.39, 0.29) is 18.3 Å². The fourth-order valence-electron chi connectivity index (χ4n) is 3.30. The largest absolute Gasteiger partial charge is 0.493 e. The van der Waals surface area contributed by atoms with E-state index in [0.29, 0.717) is 52.5 Å². The van der Waals surface area contributed by atoms with Crippen LogP contribution in [0.25, 0.3) is 10.2 Å². The van der Waals surface area contributed by atoms with Crippen molar-refractivity contribution in [2.45, 2.75) is 0 Å². The molecule has 1 aromatic heterocycles. The number of aromatic nitrogens is 1. The standard InChI is InChI=1S/C23H29N3O6S.ClH/c1-25(2)8-9-26(22(27)14-10-18(30-5)21(32-7)19(11-14)31-6)23-24-15-12-16(28-3)17(29-4)13-20(15)33-23;/h10-13H,8-9H2,1-7H3;1H. The number of thiazole rings is 1. The van der Waals surface area contributed by atoms with Gasteiger partial charge in [0.05, 0.1) is 45.8 Å². The molecular weight excluding hydrogens is 482 g/mol. The van der Waals surface area contributed by atoms with E-state index in [0.717, 1.165) is 10.2 Å². The topological polar surface area (TPSA) is 82.6 Å². The van der Waals surface area contributed by atoms with Gasteiger partial charge in [-0.2, -0.15) is 0 Å². The zero-order chi connectivity index (χ0) is 24.1. The third-order valence-corrected chi connectivity index (χ3v) is 6.08. The highest BCUT2D eigenvalue weighted by atomic mass is 35.5. The van der Waals surface area contributed by atoms with E-state index in [1.54, 1.807) is 31.3 Å². The number of ether oxygens (including phenoxy) is 5. The molecule has 186 valence electrons. The molecule has 0 aliphatic rings. The van der Waals surface area contributed by atoms with E-state index < -0.39 is 0 Å². The van der Waals surface area contributed by atoms with Crippen LogP contribution in [0.15, 0.2) is 24.3 Å². The summed E-state index contributed by atoms with van der Waals surface area (Å²) in [6.45, 7) is 1.09. The van der Waals surface area contributed by atoms with Crippen LogP contribution in [-0.2, 0) is 0 Å². The number of benzene rings is 2. The van der Waals surface area contributed by atoms with Crippen LogP contribution >= 0.6 is 23.7 Å². The van der Waals surface area contributed by atoms with E-state index in [1.165, 1.54) is 32.7 Å². The molecule has 34 heavy (non-hydrogen) atoms. The third kappa shape index (κ3) is 5.57. The Balaban J connectivity index is 0.00000408. The minimum absolute atomic E-state index is 0. The molecule has 0 bridgehead atoms. The van der Waals surface area contributed by atoms with Gasteiger partial charge in [0.1, 0.15) is 0 Å². The summed E-state index contributed by atoms with van der Waals surface area (Å²) in [6, 6.07) is 6.96. The van der Waals surface area contributed by atoms with Crippen LogP contribution in [-0.4, -0.2) is 78.5 Å². The summed E-state index contributed by atoms with van der Waals surface area (Å²) in [5.74, 6) is 2.20. The first-order valence-corrected chi connectivity index (χ1v) is 11.0. The van der Waals surface area contributed by atoms with Crippen molar-refractivity contribution < 1.29 is 28.5 Å². The number of halogens is 1. The second kappa shape index (κ2) is 12.0. The Bertz CT molecular complexity index is 1070. The predicted molar refractivity (Wildman–Crippen MR) is 136 cm³/mol. The van der Waals surface area contributed by atoms with E-state index in [9.17, 15) is 4.79 Å². The van der Waals surface area contributed by atoms with Crippen molar-refractivity contribution >= 4 is 45.0 Å². The molecule has 2 aromatic carbocycles. The first-order valence-electron chi connectivity index (χ1n) is 10.2. The maximum Gasteiger partial charge on any atom is 0.260 e. The number of carbonyl (C=O) groups excluding carboxylic acids is 1. The van der Waals surface area contributed by atoms with Gasteiger partial charge in [0.15, 0.2) is 28.1 Å². The van der Waals surface area contributed by atoms with Gasteiger partial charge in [-0.15, -0.1) is 12.4 Å². The molecule has 0 saturated carbocycles. The molecule has 0 saturated heterocycles. The Hall–Kier alpha value is -2.95. The maximum atomic E-state index is 13.7. The molecule has 0 fully saturated rings. The molecule has 0 N–H and O–H groups in total. The Morgan fingerprint density at radius 2 is 1.38 bits per heavy atom. The van der Waals surface area contributed by atoms with E-state index in [1.807, 2.05) is 31.1 Å². The number of rotatable bonds is 10. The van der Waals surface area contributed by atoms with E-state index in [4.69, 9.17) is 28.7 Å². The minimum Gasteiger partial charge on any atom is -0.493 e. The molecule has 0 atom stereocenters. The van der Waals surface area contributed by atoms with Crippen LogP contribution in [0.3, 0.4) is 0 Å². The SMILES string of the molecule is COc1cc2nc(N(CCN(C)C)C(=O)c3cc(OC)c(OC)c(OC)c3)sc2cc1OC.Cl. The van der Waals surface area contributed by atoms with Crippen molar-refractivity contribution in [1.29, 1.82) is 0 Å². The number of likely N-dealkylation sites (N-methyl/N-ethyl adjacent to an activating group) is 1. The van der Waals surface area contributed by atoms with Gasteiger partial charge in [0, 0.05) is 30.8 Å². The Morgan fingerprint density at radius 1 is 0.824 bits per heavy atom. The Kier molecular flexibility index (Phi) is 9.60. The van der Waals surface area contributed by atoms with Gasteiger partial charge >= 0.3 is 0 Å². The fourth-order valence-corrected chi connectivity index (χ4v) is 4.30. The third-order valence-electron chi connectivity index (χ3n) is 5.04. The van der Waals surface area contributed by atoms with Crippen LogP contribution in [0.2, 0.25) is 0 Å². The molecule has 11 heteroatoms. The zero-order valence-electron chi connectivity index (χ0n) is 20.3. The van der Waals surface area contributed by atoms with Crippen molar-refractivity contribution in [3.8, 4) is 28.7 Å². The molecule has 3 rings (SSSR count). The minimum atomic E-state index is -0.228. The van der Waals surface area contributed by atoms with E-state index >= 15 is 0 Å². The summed E-state index contributed by atoms with van der Waals surface area (Å²) in [5, 5.41) is 0.570. The van der Waals surface area contributed by atoms with Crippen molar-refractivity contribution in [2.24, 2.45) is 0 Å². The van der Waals surface area contributed by atoms with Crippen LogP contribution in [0.1, 0.15) is 10.4 Å². The van der Waals surface area contributed by atoms with Crippen LogP contribution < -0.4 is 28.6 Å². The number of methoxy groups -OCH3 is 5. The van der Waals surface area contributed by atoms with Crippen LogP contribution in [0.4, 0.5) is 5.13 Å². The van der Waals surface area contributed by atoms with Gasteiger partial charge in [-0.05, 0) is 26.2 Å². The van der Waals surface area contributed by atoms with Gasteiger partial charge in [-0.1, -0.05) is 11.3 Å². The zero-order valence-corrected chi connectivity index (χ0v) is 22.0. The monoisotopic (exact) mass is 511 g/mol. The number of hydrogen-bond acceptors (Lipinski definition) is 9. The van der Waals surface area contributed by atoms with Crippen molar-refractivity contribution in [1.82, 2.24) is 9.88 Å². The molecule has 0 aliphatic heterocycles. The summed E-state index contributed by atoms with van der Waals surface area (Å²) >= 11 is 1.41. The lowest BCUT2D eigenvalue weighted by atomic mass is 10.1. The van der Waals surface area contributed by atoms with Gasteiger partial charge in [0.25, 0.3) is 5.91 Å². The number of amides is 1. The highest BCUT2D eigenvalue weighted by Gasteiger charge is 2.25. The highest BCUT2D eigenvalue weighted by Crippen LogP contribution is 2.40. The number of carbonyl (C=O) groups is 1. The number of nitrogens with zero attached hydrogens (tertiary/aromatic N) is 3. The summed E-state index contributed by atoms with van der Waals surface area (Å²) in [5.41, 5.74) is 1.12. The van der Waals surface area contributed by atoms with Gasteiger partial charge < -0.3 is 28.6 Å². The van der Waals surface area contributed by atoms with Crippen molar-refractivity contribution in [3.63, 3.8) is 0 Å². The van der Waals surface area contributed by atoms with E-state index in [2.05, 4.69) is 0 Å². The average Bonchev–Trinajstić information content (AvgIpc) is 3.24. The van der Waals surface area contributed by atoms with Crippen molar-refractivity contribution in [3.05, 3.63) is 29.8 Å². The van der Waals surface area contributed by atoms with Crippen LogP contribution in [0.5, 0.6) is 28.7 Å². The average molecular weight is 512 g/mol. The summed E-state index contributed by atoms with van der Waals surface area (Å²) in [7, 11) is 11.6. The lowest BCUT2D eigenvalue weighted by Crippen LogP contribution is -2.36. The van der Waals surface area contributed by atoms with Gasteiger partial charge in [0.2, 0.25) is 5.75 Å². The molecule has 9 nitrogen and oxygen atoms in total. The molecule has 1 amide bonds. The molecule has 1 heterocycles. The Morgan fingerprint density at radius 3 is 1.88 bits per heavy atom. The molecule has 0 aliphatic carbocycles. The second-order valence-electron chi connectivity index (χ2n) is 7.35. The lowest BCUT2D eigenvalue weighted by molar-refractivity contribution is 0.0984. The summed E-state index contributed by atoms with van der Waals surface area (Å²) < 4.78 is 27.9. The van der Waals surface area contributed by atoms with Crippen molar-refractivity contribution in [2.75, 3.05) is 67.6 Å². The molecule has 0 radical (unpaired) electrons. The smallest absolute Gasteiger partial charge is 0.260 e. The molecule has 0 unspecified atom stereocenters. The lowest BCUT2D eigenvalue weighted by Gasteiger charge is -2.23.